The molecule has 0 aliphatic carbocycles. The highest BCUT2D eigenvalue weighted by Crippen LogP contribution is 2.30. The highest BCUT2D eigenvalue weighted by atomic mass is 35.5. The average molecular weight is 362 g/mol. The van der Waals surface area contributed by atoms with Gasteiger partial charge in [-0.2, -0.15) is 0 Å². The van der Waals surface area contributed by atoms with E-state index in [-0.39, 0.29) is 11.8 Å². The summed E-state index contributed by atoms with van der Waals surface area (Å²) < 4.78 is 16.1. The Morgan fingerprint density at radius 1 is 1.24 bits per heavy atom. The van der Waals surface area contributed by atoms with E-state index in [0.29, 0.717) is 31.3 Å². The van der Waals surface area contributed by atoms with Gasteiger partial charge in [0, 0.05) is 17.8 Å². The zero-order valence-corrected chi connectivity index (χ0v) is 14.7. The molecule has 6 heteroatoms. The molecular weight excluding hydrogens is 342 g/mol. The van der Waals surface area contributed by atoms with Crippen molar-refractivity contribution >= 4 is 23.2 Å². The largest absolute Gasteiger partial charge is 0.492 e. The van der Waals surface area contributed by atoms with Gasteiger partial charge in [-0.15, -0.1) is 0 Å². The second-order valence-corrected chi connectivity index (χ2v) is 6.26. The summed E-state index contributed by atoms with van der Waals surface area (Å²) in [4.78, 5) is 12.5. The van der Waals surface area contributed by atoms with Crippen LogP contribution in [0.2, 0.25) is 5.02 Å². The zero-order chi connectivity index (χ0) is 17.6. The van der Waals surface area contributed by atoms with Crippen LogP contribution in [0.3, 0.4) is 0 Å². The highest BCUT2D eigenvalue weighted by molar-refractivity contribution is 6.30. The topological polar surface area (TPSA) is 56.8 Å². The lowest BCUT2D eigenvalue weighted by Gasteiger charge is -2.24. The fourth-order valence-electron chi connectivity index (χ4n) is 2.65. The summed E-state index contributed by atoms with van der Waals surface area (Å²) in [7, 11) is 1.63. The second kappa shape index (κ2) is 8.23. The molecule has 1 N–H and O–H groups in total. The first-order valence-electron chi connectivity index (χ1n) is 8.09. The van der Waals surface area contributed by atoms with Crippen LogP contribution in [0.1, 0.15) is 5.56 Å². The number of hydrogen-bond donors (Lipinski definition) is 1. The maximum absolute atomic E-state index is 12.5. The SMILES string of the molecule is COCCOc1ccc(NC(=O)C2COc3ccc(Cl)cc3C2)cc1. The van der Waals surface area contributed by atoms with E-state index in [4.69, 9.17) is 25.8 Å². The molecule has 0 fully saturated rings. The molecule has 0 spiro atoms. The van der Waals surface area contributed by atoms with E-state index in [1.165, 1.54) is 0 Å². The van der Waals surface area contributed by atoms with Crippen LogP contribution in [0.4, 0.5) is 5.69 Å². The molecule has 0 saturated heterocycles. The van der Waals surface area contributed by atoms with Crippen LogP contribution in [0, 0.1) is 5.92 Å². The van der Waals surface area contributed by atoms with Crippen molar-refractivity contribution in [1.82, 2.24) is 0 Å². The predicted octanol–water partition coefficient (Wildman–Crippen LogP) is 3.56. The molecule has 1 aliphatic rings. The number of halogens is 1. The standard InChI is InChI=1S/C19H20ClNO4/c1-23-8-9-24-17-5-3-16(4-6-17)21-19(22)14-10-13-11-15(20)2-7-18(13)25-12-14/h2-7,11,14H,8-10,12H2,1H3,(H,21,22). The van der Waals surface area contributed by atoms with Crippen molar-refractivity contribution in [2.75, 3.05) is 32.2 Å². The van der Waals surface area contributed by atoms with E-state index in [0.717, 1.165) is 22.7 Å². The van der Waals surface area contributed by atoms with Gasteiger partial charge in [0.15, 0.2) is 0 Å². The Morgan fingerprint density at radius 2 is 2.04 bits per heavy atom. The summed E-state index contributed by atoms with van der Waals surface area (Å²) in [6, 6.07) is 12.7. The molecule has 3 rings (SSSR count). The fraction of sp³-hybridized carbons (Fsp3) is 0.316. The molecule has 1 atom stereocenters. The van der Waals surface area contributed by atoms with Crippen LogP contribution in [-0.2, 0) is 16.0 Å². The summed E-state index contributed by atoms with van der Waals surface area (Å²) in [6.07, 6.45) is 0.611. The number of nitrogens with one attached hydrogen (secondary N) is 1. The number of carbonyl (C=O) groups excluding carboxylic acids is 1. The number of anilines is 1. The molecule has 5 nitrogen and oxygen atoms in total. The van der Waals surface area contributed by atoms with Crippen molar-refractivity contribution in [2.45, 2.75) is 6.42 Å². The summed E-state index contributed by atoms with van der Waals surface area (Å²) in [5.74, 6) is 1.22. The third-order valence-corrected chi connectivity index (χ3v) is 4.21. The quantitative estimate of drug-likeness (QED) is 0.799. The number of benzene rings is 2. The first-order chi connectivity index (χ1) is 12.2. The lowest BCUT2D eigenvalue weighted by atomic mass is 9.96. The summed E-state index contributed by atoms with van der Waals surface area (Å²) in [5.41, 5.74) is 1.68. The first-order valence-corrected chi connectivity index (χ1v) is 8.47. The Balaban J connectivity index is 1.57. The minimum absolute atomic E-state index is 0.0707. The maximum atomic E-state index is 12.5. The van der Waals surface area contributed by atoms with Gasteiger partial charge in [0.05, 0.1) is 12.5 Å². The number of ether oxygens (including phenoxy) is 3. The van der Waals surface area contributed by atoms with Gasteiger partial charge in [-0.25, -0.2) is 0 Å². The monoisotopic (exact) mass is 361 g/mol. The number of methoxy groups -OCH3 is 1. The molecule has 25 heavy (non-hydrogen) atoms. The third-order valence-electron chi connectivity index (χ3n) is 3.98. The first kappa shape index (κ1) is 17.6. The van der Waals surface area contributed by atoms with E-state index in [1.54, 1.807) is 13.2 Å². The second-order valence-electron chi connectivity index (χ2n) is 5.82. The molecule has 0 saturated carbocycles. The van der Waals surface area contributed by atoms with Crippen LogP contribution in [-0.4, -0.2) is 32.8 Å². The highest BCUT2D eigenvalue weighted by Gasteiger charge is 2.26. The van der Waals surface area contributed by atoms with Gasteiger partial charge < -0.3 is 19.5 Å². The Labute approximate surface area is 151 Å². The van der Waals surface area contributed by atoms with E-state index >= 15 is 0 Å². The smallest absolute Gasteiger partial charge is 0.231 e. The van der Waals surface area contributed by atoms with Gasteiger partial charge in [-0.1, -0.05) is 11.6 Å². The average Bonchev–Trinajstić information content (AvgIpc) is 2.62. The lowest BCUT2D eigenvalue weighted by molar-refractivity contribution is -0.121. The molecule has 2 aromatic rings. The molecule has 1 amide bonds. The minimum atomic E-state index is -0.247. The predicted molar refractivity (Wildman–Crippen MR) is 96.6 cm³/mol. The van der Waals surface area contributed by atoms with E-state index in [1.807, 2.05) is 36.4 Å². The van der Waals surface area contributed by atoms with Crippen molar-refractivity contribution in [3.8, 4) is 11.5 Å². The van der Waals surface area contributed by atoms with Gasteiger partial charge in [-0.3, -0.25) is 4.79 Å². The van der Waals surface area contributed by atoms with Gasteiger partial charge in [0.25, 0.3) is 0 Å². The number of amides is 1. The molecule has 1 aliphatic heterocycles. The van der Waals surface area contributed by atoms with Crippen LogP contribution >= 0.6 is 11.6 Å². The normalized spacial score (nSPS) is 15.8. The Hall–Kier alpha value is -2.24. The Morgan fingerprint density at radius 3 is 2.80 bits per heavy atom. The molecule has 1 heterocycles. The third kappa shape index (κ3) is 4.65. The molecule has 0 radical (unpaired) electrons. The minimum Gasteiger partial charge on any atom is -0.492 e. The van der Waals surface area contributed by atoms with Gasteiger partial charge >= 0.3 is 0 Å². The molecule has 0 aromatic heterocycles. The van der Waals surface area contributed by atoms with Crippen molar-refractivity contribution in [3.63, 3.8) is 0 Å². The summed E-state index contributed by atoms with van der Waals surface area (Å²) >= 11 is 6.02. The lowest BCUT2D eigenvalue weighted by Crippen LogP contribution is -2.32. The zero-order valence-electron chi connectivity index (χ0n) is 14.0. The van der Waals surface area contributed by atoms with Gasteiger partial charge in [-0.05, 0) is 54.4 Å². The van der Waals surface area contributed by atoms with Crippen molar-refractivity contribution in [1.29, 1.82) is 0 Å². The molecule has 1 unspecified atom stereocenters. The number of carbonyl (C=O) groups is 1. The van der Waals surface area contributed by atoms with Crippen molar-refractivity contribution in [3.05, 3.63) is 53.1 Å². The van der Waals surface area contributed by atoms with Crippen molar-refractivity contribution in [2.24, 2.45) is 5.92 Å². The molecule has 132 valence electrons. The molecule has 2 aromatic carbocycles. The fourth-order valence-corrected chi connectivity index (χ4v) is 2.85. The van der Waals surface area contributed by atoms with Crippen LogP contribution in [0.25, 0.3) is 0 Å². The molecular formula is C19H20ClNO4. The van der Waals surface area contributed by atoms with E-state index < -0.39 is 0 Å². The van der Waals surface area contributed by atoms with Crippen LogP contribution in [0.5, 0.6) is 11.5 Å². The van der Waals surface area contributed by atoms with Crippen LogP contribution in [0.15, 0.2) is 42.5 Å². The Kier molecular flexibility index (Phi) is 5.79. The van der Waals surface area contributed by atoms with Crippen LogP contribution < -0.4 is 14.8 Å². The Bertz CT molecular complexity index is 733. The van der Waals surface area contributed by atoms with E-state index in [9.17, 15) is 4.79 Å². The number of rotatable bonds is 6. The van der Waals surface area contributed by atoms with Gasteiger partial charge in [0.2, 0.25) is 5.91 Å². The van der Waals surface area contributed by atoms with E-state index in [2.05, 4.69) is 5.32 Å². The maximum Gasteiger partial charge on any atom is 0.231 e. The summed E-state index contributed by atoms with van der Waals surface area (Å²) in [5, 5.41) is 3.57. The number of fused-ring (bicyclic) bond motifs is 1. The summed E-state index contributed by atoms with van der Waals surface area (Å²) in [6.45, 7) is 1.38. The van der Waals surface area contributed by atoms with Crippen molar-refractivity contribution < 1.29 is 19.0 Å². The number of hydrogen-bond acceptors (Lipinski definition) is 4. The molecule has 0 bridgehead atoms. The van der Waals surface area contributed by atoms with Gasteiger partial charge in [0.1, 0.15) is 24.7 Å².